The van der Waals surface area contributed by atoms with E-state index in [2.05, 4.69) is 20.8 Å². The third-order valence-corrected chi connectivity index (χ3v) is 2.63. The van der Waals surface area contributed by atoms with Gasteiger partial charge in [-0.05, 0) is 35.6 Å². The van der Waals surface area contributed by atoms with Crippen LogP contribution in [0.2, 0.25) is 0 Å². The zero-order valence-corrected chi connectivity index (χ0v) is 10.8. The Balaban J connectivity index is 3.01. The van der Waals surface area contributed by atoms with Gasteiger partial charge in [-0.1, -0.05) is 39.0 Å². The van der Waals surface area contributed by atoms with Gasteiger partial charge in [0.05, 0.1) is 0 Å². The average molecular weight is 241 g/mol. The number of hydrogen-bond donors (Lipinski definition) is 0. The van der Waals surface area contributed by atoms with E-state index < -0.39 is 11.3 Å². The van der Waals surface area contributed by atoms with Crippen LogP contribution in [-0.4, -0.2) is 11.3 Å². The monoisotopic (exact) mass is 240 g/mol. The van der Waals surface area contributed by atoms with Crippen molar-refractivity contribution in [1.29, 1.82) is 0 Å². The summed E-state index contributed by atoms with van der Waals surface area (Å²) in [6.45, 7) is 7.95. The molecule has 88 valence electrons. The number of benzene rings is 1. The van der Waals surface area contributed by atoms with Crippen molar-refractivity contribution in [2.24, 2.45) is 0 Å². The number of ether oxygens (including phenoxy) is 1. The quantitative estimate of drug-likeness (QED) is 0.756. The third kappa shape index (κ3) is 3.24. The molecule has 1 rings (SSSR count). The molecule has 0 aliphatic carbocycles. The first kappa shape index (κ1) is 13.0. The minimum Gasteiger partial charge on any atom is -0.481 e. The maximum Gasteiger partial charge on any atom is 0.262 e. The van der Waals surface area contributed by atoms with Gasteiger partial charge in [-0.25, -0.2) is 0 Å². The van der Waals surface area contributed by atoms with Crippen LogP contribution in [0.25, 0.3) is 0 Å². The summed E-state index contributed by atoms with van der Waals surface area (Å²) >= 11 is 5.38. The SMILES string of the molecule is CC(Oc1ccccc1C(C)(C)C)C(=O)Cl. The van der Waals surface area contributed by atoms with Crippen LogP contribution in [0.1, 0.15) is 33.3 Å². The Morgan fingerprint density at radius 1 is 1.31 bits per heavy atom. The molecule has 16 heavy (non-hydrogen) atoms. The number of rotatable bonds is 3. The molecule has 0 heterocycles. The van der Waals surface area contributed by atoms with Gasteiger partial charge in [-0.2, -0.15) is 0 Å². The molecule has 0 bridgehead atoms. The molecule has 0 aromatic heterocycles. The molecular formula is C13H17ClO2. The zero-order valence-electron chi connectivity index (χ0n) is 10.1. The fourth-order valence-corrected chi connectivity index (χ4v) is 1.47. The van der Waals surface area contributed by atoms with Gasteiger partial charge in [-0.3, -0.25) is 4.79 Å². The van der Waals surface area contributed by atoms with Crippen LogP contribution in [0.15, 0.2) is 24.3 Å². The van der Waals surface area contributed by atoms with Crippen LogP contribution < -0.4 is 4.74 Å². The van der Waals surface area contributed by atoms with Crippen LogP contribution in [0.4, 0.5) is 0 Å². The number of hydrogen-bond acceptors (Lipinski definition) is 2. The molecule has 0 N–H and O–H groups in total. The lowest BCUT2D eigenvalue weighted by Gasteiger charge is -2.23. The molecule has 2 nitrogen and oxygen atoms in total. The molecule has 1 unspecified atom stereocenters. The minimum atomic E-state index is -0.620. The molecule has 3 heteroatoms. The molecule has 0 aliphatic heterocycles. The number of carbonyl (C=O) groups excluding carboxylic acids is 1. The fourth-order valence-electron chi connectivity index (χ4n) is 1.43. The van der Waals surface area contributed by atoms with Crippen LogP contribution in [-0.2, 0) is 10.2 Å². The lowest BCUT2D eigenvalue weighted by Crippen LogP contribution is -2.22. The maximum atomic E-state index is 10.9. The highest BCUT2D eigenvalue weighted by molar-refractivity contribution is 6.64. The molecule has 0 amide bonds. The van der Waals surface area contributed by atoms with Crippen molar-refractivity contribution < 1.29 is 9.53 Å². The van der Waals surface area contributed by atoms with E-state index in [1.54, 1.807) is 6.92 Å². The van der Waals surface area contributed by atoms with E-state index in [0.717, 1.165) is 11.3 Å². The number of para-hydroxylation sites is 1. The largest absolute Gasteiger partial charge is 0.481 e. The molecule has 0 spiro atoms. The highest BCUT2D eigenvalue weighted by Crippen LogP contribution is 2.31. The minimum absolute atomic E-state index is 0.0221. The molecule has 1 aromatic rings. The van der Waals surface area contributed by atoms with E-state index in [-0.39, 0.29) is 5.41 Å². The van der Waals surface area contributed by atoms with Crippen LogP contribution in [0.5, 0.6) is 5.75 Å². The second kappa shape index (κ2) is 4.88. The van der Waals surface area contributed by atoms with Crippen molar-refractivity contribution in [3.05, 3.63) is 29.8 Å². The van der Waals surface area contributed by atoms with E-state index in [1.807, 2.05) is 24.3 Å². The van der Waals surface area contributed by atoms with Crippen molar-refractivity contribution in [3.63, 3.8) is 0 Å². The molecule has 1 aromatic carbocycles. The fraction of sp³-hybridized carbons (Fsp3) is 0.462. The Labute approximate surface area is 102 Å². The average Bonchev–Trinajstić information content (AvgIpc) is 2.16. The van der Waals surface area contributed by atoms with Gasteiger partial charge >= 0.3 is 0 Å². The second-order valence-electron chi connectivity index (χ2n) is 4.81. The van der Waals surface area contributed by atoms with Gasteiger partial charge in [0, 0.05) is 0 Å². The van der Waals surface area contributed by atoms with Gasteiger partial charge in [0.2, 0.25) is 0 Å². The van der Waals surface area contributed by atoms with Gasteiger partial charge in [0.1, 0.15) is 5.75 Å². The highest BCUT2D eigenvalue weighted by Gasteiger charge is 2.20. The van der Waals surface area contributed by atoms with E-state index in [9.17, 15) is 4.79 Å². The van der Waals surface area contributed by atoms with Crippen molar-refractivity contribution in [1.82, 2.24) is 0 Å². The first-order chi connectivity index (χ1) is 7.32. The molecule has 0 aliphatic rings. The molecule has 0 saturated heterocycles. The molecule has 0 saturated carbocycles. The summed E-state index contributed by atoms with van der Waals surface area (Å²) in [6, 6.07) is 7.70. The van der Waals surface area contributed by atoms with Crippen LogP contribution in [0.3, 0.4) is 0 Å². The molecule has 0 fully saturated rings. The lowest BCUT2D eigenvalue weighted by atomic mass is 9.86. The van der Waals surface area contributed by atoms with Gasteiger partial charge < -0.3 is 4.74 Å². The van der Waals surface area contributed by atoms with Gasteiger partial charge in [0.15, 0.2) is 6.10 Å². The number of halogens is 1. The van der Waals surface area contributed by atoms with E-state index in [4.69, 9.17) is 16.3 Å². The summed E-state index contributed by atoms with van der Waals surface area (Å²) in [7, 11) is 0. The predicted molar refractivity (Wildman–Crippen MR) is 66.1 cm³/mol. The summed E-state index contributed by atoms with van der Waals surface area (Å²) < 4.78 is 5.55. The van der Waals surface area contributed by atoms with Crippen LogP contribution in [0, 0.1) is 0 Å². The molecular weight excluding hydrogens is 224 g/mol. The maximum absolute atomic E-state index is 10.9. The smallest absolute Gasteiger partial charge is 0.262 e. The Hall–Kier alpha value is -1.02. The van der Waals surface area contributed by atoms with E-state index >= 15 is 0 Å². The Bertz CT molecular complexity index is 380. The standard InChI is InChI=1S/C13H17ClO2/c1-9(12(14)15)16-11-8-6-5-7-10(11)13(2,3)4/h5-9H,1-4H3. The predicted octanol–water partition coefficient (Wildman–Crippen LogP) is 3.52. The summed E-state index contributed by atoms with van der Waals surface area (Å²) in [4.78, 5) is 10.9. The molecule has 1 atom stereocenters. The van der Waals surface area contributed by atoms with Gasteiger partial charge in [0.25, 0.3) is 5.24 Å². The van der Waals surface area contributed by atoms with Crippen molar-refractivity contribution in [2.45, 2.75) is 39.2 Å². The first-order valence-electron chi connectivity index (χ1n) is 5.28. The third-order valence-electron chi connectivity index (χ3n) is 2.32. The molecule has 0 radical (unpaired) electrons. The van der Waals surface area contributed by atoms with Crippen molar-refractivity contribution in [2.75, 3.05) is 0 Å². The van der Waals surface area contributed by atoms with Gasteiger partial charge in [-0.15, -0.1) is 0 Å². The van der Waals surface area contributed by atoms with E-state index in [1.165, 1.54) is 0 Å². The first-order valence-corrected chi connectivity index (χ1v) is 5.65. The Morgan fingerprint density at radius 3 is 2.38 bits per heavy atom. The van der Waals surface area contributed by atoms with Crippen LogP contribution >= 0.6 is 11.6 Å². The zero-order chi connectivity index (χ0) is 12.3. The lowest BCUT2D eigenvalue weighted by molar-refractivity contribution is -0.117. The summed E-state index contributed by atoms with van der Waals surface area (Å²) in [5.74, 6) is 0.719. The topological polar surface area (TPSA) is 26.3 Å². The van der Waals surface area contributed by atoms with Crippen molar-refractivity contribution >= 4 is 16.8 Å². The Morgan fingerprint density at radius 2 is 1.88 bits per heavy atom. The number of carbonyl (C=O) groups is 1. The normalized spacial score (nSPS) is 13.3. The van der Waals surface area contributed by atoms with E-state index in [0.29, 0.717) is 0 Å². The Kier molecular flexibility index (Phi) is 3.98. The summed E-state index contributed by atoms with van der Waals surface area (Å²) in [5.41, 5.74) is 1.05. The summed E-state index contributed by atoms with van der Waals surface area (Å²) in [6.07, 6.45) is -0.620. The van der Waals surface area contributed by atoms with Crippen molar-refractivity contribution in [3.8, 4) is 5.75 Å². The second-order valence-corrected chi connectivity index (χ2v) is 5.18. The highest BCUT2D eigenvalue weighted by atomic mass is 35.5. The summed E-state index contributed by atoms with van der Waals surface area (Å²) in [5, 5.41) is -0.483.